The van der Waals surface area contributed by atoms with Crippen molar-refractivity contribution in [3.8, 4) is 11.5 Å². The molecule has 4 aromatic rings. The van der Waals surface area contributed by atoms with Gasteiger partial charge in [0.2, 0.25) is 0 Å². The third-order valence-corrected chi connectivity index (χ3v) is 5.27. The van der Waals surface area contributed by atoms with Crippen molar-refractivity contribution >= 4 is 17.1 Å². The SMILES string of the molecule is COc1ccc(CC(NC(=O)NCc2ccccc2OC(F)F)c2nc3ccccc3[nH]2)cc1. The first-order valence-corrected chi connectivity index (χ1v) is 10.7. The van der Waals surface area contributed by atoms with E-state index in [2.05, 4.69) is 25.3 Å². The fourth-order valence-corrected chi connectivity index (χ4v) is 3.60. The number of nitrogens with zero attached hydrogens (tertiary/aromatic N) is 1. The van der Waals surface area contributed by atoms with E-state index in [9.17, 15) is 13.6 Å². The number of para-hydroxylation sites is 3. The summed E-state index contributed by atoms with van der Waals surface area (Å²) in [5.41, 5.74) is 3.06. The minimum atomic E-state index is -2.95. The molecule has 1 heterocycles. The van der Waals surface area contributed by atoms with Crippen LogP contribution in [-0.2, 0) is 13.0 Å². The van der Waals surface area contributed by atoms with Gasteiger partial charge >= 0.3 is 12.6 Å². The van der Waals surface area contributed by atoms with Crippen molar-refractivity contribution < 1.29 is 23.0 Å². The highest BCUT2D eigenvalue weighted by atomic mass is 19.3. The summed E-state index contributed by atoms with van der Waals surface area (Å²) in [6, 6.07) is 20.5. The van der Waals surface area contributed by atoms with Crippen LogP contribution in [0, 0.1) is 0 Å². The van der Waals surface area contributed by atoms with E-state index in [-0.39, 0.29) is 12.3 Å². The number of H-pyrrole nitrogens is 1. The number of urea groups is 1. The van der Waals surface area contributed by atoms with Gasteiger partial charge < -0.3 is 25.1 Å². The lowest BCUT2D eigenvalue weighted by atomic mass is 10.1. The molecule has 0 radical (unpaired) electrons. The van der Waals surface area contributed by atoms with Crippen LogP contribution >= 0.6 is 0 Å². The summed E-state index contributed by atoms with van der Waals surface area (Å²) in [6.45, 7) is -2.93. The molecule has 0 saturated heterocycles. The van der Waals surface area contributed by atoms with Crippen molar-refractivity contribution in [1.82, 2.24) is 20.6 Å². The molecule has 0 saturated carbocycles. The summed E-state index contributed by atoms with van der Waals surface area (Å²) in [7, 11) is 1.60. The second-order valence-electron chi connectivity index (χ2n) is 7.56. The average Bonchev–Trinajstić information content (AvgIpc) is 3.28. The van der Waals surface area contributed by atoms with Gasteiger partial charge in [0, 0.05) is 12.1 Å². The molecule has 0 aliphatic carbocycles. The molecular weight excluding hydrogens is 442 g/mol. The highest BCUT2D eigenvalue weighted by Gasteiger charge is 2.20. The Bertz CT molecular complexity index is 1210. The normalized spacial score (nSPS) is 11.9. The molecule has 1 unspecified atom stereocenters. The van der Waals surface area contributed by atoms with Crippen molar-refractivity contribution in [3.05, 3.63) is 89.7 Å². The first-order valence-electron chi connectivity index (χ1n) is 10.7. The number of amides is 2. The number of carbonyl (C=O) groups is 1. The van der Waals surface area contributed by atoms with Crippen molar-refractivity contribution in [2.75, 3.05) is 7.11 Å². The van der Waals surface area contributed by atoms with Crippen LogP contribution in [0.2, 0.25) is 0 Å². The number of hydrogen-bond donors (Lipinski definition) is 3. The number of aromatic amines is 1. The standard InChI is InChI=1S/C25H24F2N4O3/c1-33-18-12-10-16(11-13-18)14-21(23-29-19-7-3-4-8-20(19)30-23)31-25(32)28-15-17-6-2-5-9-22(17)34-24(26)27/h2-13,21,24H,14-15H2,1H3,(H,29,30)(H2,28,31,32). The maximum Gasteiger partial charge on any atom is 0.387 e. The second kappa shape index (κ2) is 10.7. The summed E-state index contributed by atoms with van der Waals surface area (Å²) in [5, 5.41) is 5.65. The summed E-state index contributed by atoms with van der Waals surface area (Å²) in [6.07, 6.45) is 0.475. The van der Waals surface area contributed by atoms with E-state index in [1.165, 1.54) is 6.07 Å². The molecular formula is C25H24F2N4O3. The lowest BCUT2D eigenvalue weighted by molar-refractivity contribution is -0.0504. The van der Waals surface area contributed by atoms with Gasteiger partial charge in [-0.15, -0.1) is 0 Å². The molecule has 3 N–H and O–H groups in total. The molecule has 0 aliphatic rings. The second-order valence-corrected chi connectivity index (χ2v) is 7.56. The van der Waals surface area contributed by atoms with E-state index in [4.69, 9.17) is 4.74 Å². The van der Waals surface area contributed by atoms with Gasteiger partial charge in [0.25, 0.3) is 0 Å². The zero-order chi connectivity index (χ0) is 23.9. The van der Waals surface area contributed by atoms with E-state index in [1.807, 2.05) is 48.5 Å². The maximum absolute atomic E-state index is 12.8. The average molecular weight is 466 g/mol. The van der Waals surface area contributed by atoms with Gasteiger partial charge in [0.05, 0.1) is 24.2 Å². The number of aromatic nitrogens is 2. The zero-order valence-electron chi connectivity index (χ0n) is 18.4. The van der Waals surface area contributed by atoms with Crippen LogP contribution in [0.1, 0.15) is 23.0 Å². The molecule has 0 aliphatic heterocycles. The predicted molar refractivity (Wildman–Crippen MR) is 124 cm³/mol. The number of hydrogen-bond acceptors (Lipinski definition) is 4. The topological polar surface area (TPSA) is 88.3 Å². The summed E-state index contributed by atoms with van der Waals surface area (Å²) in [4.78, 5) is 20.7. The Morgan fingerprint density at radius 1 is 1.03 bits per heavy atom. The molecule has 34 heavy (non-hydrogen) atoms. The maximum atomic E-state index is 12.8. The Morgan fingerprint density at radius 2 is 1.76 bits per heavy atom. The highest BCUT2D eigenvalue weighted by Crippen LogP contribution is 2.22. The number of fused-ring (bicyclic) bond motifs is 1. The third kappa shape index (κ3) is 5.80. The quantitative estimate of drug-likeness (QED) is 0.326. The number of nitrogens with one attached hydrogen (secondary N) is 3. The van der Waals surface area contributed by atoms with Crippen LogP contribution in [-0.4, -0.2) is 29.7 Å². The van der Waals surface area contributed by atoms with Gasteiger partial charge in [-0.05, 0) is 42.3 Å². The molecule has 176 valence electrons. The molecule has 9 heteroatoms. The van der Waals surface area contributed by atoms with Gasteiger partial charge in [0.1, 0.15) is 17.3 Å². The van der Waals surface area contributed by atoms with E-state index < -0.39 is 18.7 Å². The number of benzene rings is 3. The van der Waals surface area contributed by atoms with Gasteiger partial charge in [-0.25, -0.2) is 9.78 Å². The Labute approximate surface area is 195 Å². The molecule has 1 aromatic heterocycles. The minimum absolute atomic E-state index is 0.0180. The molecule has 0 bridgehead atoms. The van der Waals surface area contributed by atoms with Gasteiger partial charge in [0.15, 0.2) is 0 Å². The Morgan fingerprint density at radius 3 is 2.50 bits per heavy atom. The fraction of sp³-hybridized carbons (Fsp3) is 0.200. The van der Waals surface area contributed by atoms with Crippen LogP contribution < -0.4 is 20.1 Å². The van der Waals surface area contributed by atoms with Crippen LogP contribution in [0.5, 0.6) is 11.5 Å². The molecule has 7 nitrogen and oxygen atoms in total. The fourth-order valence-electron chi connectivity index (χ4n) is 3.60. The Hall–Kier alpha value is -4.14. The molecule has 2 amide bonds. The van der Waals surface area contributed by atoms with Crippen LogP contribution in [0.25, 0.3) is 11.0 Å². The summed E-state index contributed by atoms with van der Waals surface area (Å²) in [5.74, 6) is 1.36. The minimum Gasteiger partial charge on any atom is -0.497 e. The first-order chi connectivity index (χ1) is 16.5. The van der Waals surface area contributed by atoms with Crippen LogP contribution in [0.3, 0.4) is 0 Å². The summed E-state index contributed by atoms with van der Waals surface area (Å²) >= 11 is 0. The number of ether oxygens (including phenoxy) is 2. The predicted octanol–water partition coefficient (Wildman–Crippen LogP) is 4.96. The third-order valence-electron chi connectivity index (χ3n) is 5.27. The van der Waals surface area contributed by atoms with Crippen molar-refractivity contribution in [2.24, 2.45) is 0 Å². The Kier molecular flexibility index (Phi) is 7.22. The lowest BCUT2D eigenvalue weighted by Gasteiger charge is -2.18. The number of carbonyl (C=O) groups excluding carboxylic acids is 1. The van der Waals surface area contributed by atoms with Crippen molar-refractivity contribution in [2.45, 2.75) is 25.6 Å². The monoisotopic (exact) mass is 466 g/mol. The van der Waals surface area contributed by atoms with E-state index >= 15 is 0 Å². The van der Waals surface area contributed by atoms with E-state index in [0.717, 1.165) is 22.3 Å². The lowest BCUT2D eigenvalue weighted by Crippen LogP contribution is -2.38. The highest BCUT2D eigenvalue weighted by molar-refractivity contribution is 5.76. The summed E-state index contributed by atoms with van der Waals surface area (Å²) < 4.78 is 35.1. The molecule has 0 fully saturated rings. The molecule has 4 rings (SSSR count). The van der Waals surface area contributed by atoms with Gasteiger partial charge in [-0.1, -0.05) is 42.5 Å². The smallest absolute Gasteiger partial charge is 0.387 e. The van der Waals surface area contributed by atoms with E-state index in [0.29, 0.717) is 17.8 Å². The Balaban J connectivity index is 1.50. The van der Waals surface area contributed by atoms with Crippen molar-refractivity contribution in [3.63, 3.8) is 0 Å². The molecule has 0 spiro atoms. The first kappa shape index (κ1) is 23.0. The number of alkyl halides is 2. The number of imidazole rings is 1. The van der Waals surface area contributed by atoms with Crippen LogP contribution in [0.15, 0.2) is 72.8 Å². The molecule has 3 aromatic carbocycles. The zero-order valence-corrected chi connectivity index (χ0v) is 18.4. The van der Waals surface area contributed by atoms with Gasteiger partial charge in [-0.3, -0.25) is 0 Å². The largest absolute Gasteiger partial charge is 0.497 e. The number of rotatable bonds is 9. The molecule has 1 atom stereocenters. The van der Waals surface area contributed by atoms with Gasteiger partial charge in [-0.2, -0.15) is 8.78 Å². The van der Waals surface area contributed by atoms with E-state index in [1.54, 1.807) is 25.3 Å². The van der Waals surface area contributed by atoms with Crippen molar-refractivity contribution in [1.29, 1.82) is 0 Å². The number of halogens is 2. The number of methoxy groups -OCH3 is 1. The van der Waals surface area contributed by atoms with Crippen LogP contribution in [0.4, 0.5) is 13.6 Å².